The molecular weight excluding hydrogens is 222 g/mol. The van der Waals surface area contributed by atoms with E-state index in [1.165, 1.54) is 49.7 Å². The van der Waals surface area contributed by atoms with Gasteiger partial charge < -0.3 is 10.1 Å². The highest BCUT2D eigenvalue weighted by Gasteiger charge is 2.23. The summed E-state index contributed by atoms with van der Waals surface area (Å²) in [5.41, 5.74) is 2.81. The first-order valence-electron chi connectivity index (χ1n) is 7.35. The minimum atomic E-state index is 0.401. The summed E-state index contributed by atoms with van der Waals surface area (Å²) in [6.45, 7) is 1.60. The van der Waals surface area contributed by atoms with Crippen LogP contribution in [0.3, 0.4) is 0 Å². The first-order valence-corrected chi connectivity index (χ1v) is 7.35. The van der Waals surface area contributed by atoms with Crippen molar-refractivity contribution in [2.24, 2.45) is 0 Å². The summed E-state index contributed by atoms with van der Waals surface area (Å²) in [5, 5.41) is 3.83. The van der Waals surface area contributed by atoms with Crippen molar-refractivity contribution in [3.05, 3.63) is 35.4 Å². The predicted molar refractivity (Wildman–Crippen MR) is 73.5 cm³/mol. The molecule has 1 heterocycles. The highest BCUT2D eigenvalue weighted by molar-refractivity contribution is 5.31. The quantitative estimate of drug-likeness (QED) is 0.804. The van der Waals surface area contributed by atoms with Gasteiger partial charge in [-0.2, -0.15) is 0 Å². The summed E-state index contributed by atoms with van der Waals surface area (Å²) in [4.78, 5) is 0. The zero-order valence-corrected chi connectivity index (χ0v) is 11.0. The van der Waals surface area contributed by atoms with E-state index in [0.29, 0.717) is 12.1 Å². The second-order valence-electron chi connectivity index (χ2n) is 5.62. The van der Waals surface area contributed by atoms with Gasteiger partial charge in [-0.3, -0.25) is 0 Å². The fourth-order valence-electron chi connectivity index (χ4n) is 3.25. The van der Waals surface area contributed by atoms with Gasteiger partial charge in [0, 0.05) is 6.04 Å². The van der Waals surface area contributed by atoms with E-state index in [9.17, 15) is 0 Å². The molecule has 18 heavy (non-hydrogen) atoms. The summed E-state index contributed by atoms with van der Waals surface area (Å²) < 4.78 is 5.72. The minimum absolute atomic E-state index is 0.401. The Morgan fingerprint density at radius 3 is 2.61 bits per heavy atom. The van der Waals surface area contributed by atoms with Crippen molar-refractivity contribution >= 4 is 0 Å². The van der Waals surface area contributed by atoms with Crippen LogP contribution in [0.2, 0.25) is 0 Å². The van der Waals surface area contributed by atoms with Crippen LogP contribution in [0.25, 0.3) is 0 Å². The third kappa shape index (κ3) is 2.76. The van der Waals surface area contributed by atoms with Crippen molar-refractivity contribution in [1.29, 1.82) is 0 Å². The van der Waals surface area contributed by atoms with E-state index in [2.05, 4.69) is 29.6 Å². The number of fused-ring (bicyclic) bond motifs is 1. The first kappa shape index (κ1) is 12.2. The molecule has 2 aliphatic rings. The van der Waals surface area contributed by atoms with E-state index in [1.807, 2.05) is 0 Å². The Morgan fingerprint density at radius 2 is 1.78 bits per heavy atom. The van der Waals surface area contributed by atoms with E-state index in [-0.39, 0.29) is 0 Å². The maximum absolute atomic E-state index is 5.72. The Bertz CT molecular complexity index is 382. The molecule has 1 fully saturated rings. The second kappa shape index (κ2) is 5.85. The van der Waals surface area contributed by atoms with Crippen molar-refractivity contribution in [3.63, 3.8) is 0 Å². The van der Waals surface area contributed by atoms with Crippen LogP contribution in [-0.2, 0) is 11.3 Å². The number of benzene rings is 1. The Morgan fingerprint density at radius 1 is 1.00 bits per heavy atom. The maximum Gasteiger partial charge on any atom is 0.0721 e. The lowest BCUT2D eigenvalue weighted by Crippen LogP contribution is -2.37. The summed E-state index contributed by atoms with van der Waals surface area (Å²) in [7, 11) is 0. The van der Waals surface area contributed by atoms with Gasteiger partial charge >= 0.3 is 0 Å². The third-order valence-electron chi connectivity index (χ3n) is 4.26. The zero-order valence-electron chi connectivity index (χ0n) is 11.0. The van der Waals surface area contributed by atoms with E-state index < -0.39 is 0 Å². The van der Waals surface area contributed by atoms with Crippen molar-refractivity contribution in [1.82, 2.24) is 5.32 Å². The monoisotopic (exact) mass is 245 g/mol. The van der Waals surface area contributed by atoms with Gasteiger partial charge in [0.15, 0.2) is 0 Å². The van der Waals surface area contributed by atoms with Crippen LogP contribution in [0.5, 0.6) is 0 Å². The molecule has 1 aliphatic carbocycles. The van der Waals surface area contributed by atoms with Crippen LogP contribution in [0.15, 0.2) is 24.3 Å². The number of nitrogens with one attached hydrogen (secondary N) is 1. The third-order valence-corrected chi connectivity index (χ3v) is 4.26. The molecule has 0 amide bonds. The molecule has 98 valence electrons. The highest BCUT2D eigenvalue weighted by atomic mass is 16.5. The molecule has 1 saturated carbocycles. The van der Waals surface area contributed by atoms with Gasteiger partial charge in [0.1, 0.15) is 0 Å². The molecule has 1 aromatic carbocycles. The number of hydrogen-bond donors (Lipinski definition) is 1. The van der Waals surface area contributed by atoms with Crippen LogP contribution in [0, 0.1) is 0 Å². The van der Waals surface area contributed by atoms with E-state index in [1.54, 1.807) is 0 Å². The SMILES string of the molecule is c1ccc2c(c1)COCC2NC1CCCCCC1. The van der Waals surface area contributed by atoms with Gasteiger partial charge in [-0.15, -0.1) is 0 Å². The molecular formula is C16H23NO. The lowest BCUT2D eigenvalue weighted by Gasteiger charge is -2.30. The van der Waals surface area contributed by atoms with Crippen molar-refractivity contribution in [3.8, 4) is 0 Å². The Hall–Kier alpha value is -0.860. The molecule has 1 N–H and O–H groups in total. The van der Waals surface area contributed by atoms with Crippen molar-refractivity contribution in [2.75, 3.05) is 6.61 Å². The largest absolute Gasteiger partial charge is 0.375 e. The Balaban J connectivity index is 1.69. The molecule has 0 aromatic heterocycles. The average molecular weight is 245 g/mol. The lowest BCUT2D eigenvalue weighted by molar-refractivity contribution is 0.0776. The van der Waals surface area contributed by atoms with Crippen LogP contribution < -0.4 is 5.32 Å². The Labute approximate surface area is 110 Å². The molecule has 0 spiro atoms. The smallest absolute Gasteiger partial charge is 0.0721 e. The van der Waals surface area contributed by atoms with E-state index in [4.69, 9.17) is 4.74 Å². The van der Waals surface area contributed by atoms with Gasteiger partial charge in [-0.05, 0) is 24.0 Å². The van der Waals surface area contributed by atoms with Gasteiger partial charge in [0.25, 0.3) is 0 Å². The molecule has 1 aromatic rings. The number of hydrogen-bond acceptors (Lipinski definition) is 2. The molecule has 1 unspecified atom stereocenters. The molecule has 2 nitrogen and oxygen atoms in total. The van der Waals surface area contributed by atoms with Gasteiger partial charge in [0.2, 0.25) is 0 Å². The standard InChI is InChI=1S/C16H23NO/c1-2-4-9-14(8-3-1)17-16-12-18-11-13-7-5-6-10-15(13)16/h5-7,10,14,16-17H,1-4,8-9,11-12H2. The molecule has 1 aliphatic heterocycles. The van der Waals surface area contributed by atoms with Crippen molar-refractivity contribution < 1.29 is 4.74 Å². The van der Waals surface area contributed by atoms with Gasteiger partial charge in [-0.1, -0.05) is 49.9 Å². The van der Waals surface area contributed by atoms with Crippen LogP contribution in [0.4, 0.5) is 0 Å². The minimum Gasteiger partial charge on any atom is -0.375 e. The molecule has 0 saturated heterocycles. The molecule has 2 heteroatoms. The number of ether oxygens (including phenoxy) is 1. The van der Waals surface area contributed by atoms with E-state index >= 15 is 0 Å². The Kier molecular flexibility index (Phi) is 3.96. The highest BCUT2D eigenvalue weighted by Crippen LogP contribution is 2.27. The zero-order chi connectivity index (χ0) is 12.2. The predicted octanol–water partition coefficient (Wildman–Crippen LogP) is 3.57. The fourth-order valence-corrected chi connectivity index (χ4v) is 3.25. The number of rotatable bonds is 2. The topological polar surface area (TPSA) is 21.3 Å². The van der Waals surface area contributed by atoms with Crippen LogP contribution >= 0.6 is 0 Å². The summed E-state index contributed by atoms with van der Waals surface area (Å²) in [5.74, 6) is 0. The summed E-state index contributed by atoms with van der Waals surface area (Å²) >= 11 is 0. The second-order valence-corrected chi connectivity index (χ2v) is 5.62. The summed E-state index contributed by atoms with van der Waals surface area (Å²) in [6, 6.07) is 9.79. The normalized spacial score (nSPS) is 25.4. The van der Waals surface area contributed by atoms with E-state index in [0.717, 1.165) is 13.2 Å². The van der Waals surface area contributed by atoms with Gasteiger partial charge in [-0.25, -0.2) is 0 Å². The van der Waals surface area contributed by atoms with Crippen molar-refractivity contribution in [2.45, 2.75) is 57.2 Å². The molecule has 0 radical (unpaired) electrons. The van der Waals surface area contributed by atoms with Gasteiger partial charge in [0.05, 0.1) is 19.3 Å². The molecule has 0 bridgehead atoms. The fraction of sp³-hybridized carbons (Fsp3) is 0.625. The molecule has 3 rings (SSSR count). The maximum atomic E-state index is 5.72. The molecule has 1 atom stereocenters. The lowest BCUT2D eigenvalue weighted by atomic mass is 9.97. The first-order chi connectivity index (χ1) is 8.93. The van der Waals surface area contributed by atoms with Crippen LogP contribution in [-0.4, -0.2) is 12.6 Å². The summed E-state index contributed by atoms with van der Waals surface area (Å²) in [6.07, 6.45) is 8.25. The average Bonchev–Trinajstić information content (AvgIpc) is 2.68. The van der Waals surface area contributed by atoms with Crippen LogP contribution in [0.1, 0.15) is 55.7 Å².